The predicted octanol–water partition coefficient (Wildman–Crippen LogP) is 4.31. The molecule has 21 heavy (non-hydrogen) atoms. The van der Waals surface area contributed by atoms with Crippen LogP contribution >= 0.6 is 15.9 Å². The predicted molar refractivity (Wildman–Crippen MR) is 84.5 cm³/mol. The molecular formula is C17H21BrFNO. The Labute approximate surface area is 133 Å². The van der Waals surface area contributed by atoms with Crippen LogP contribution in [0.25, 0.3) is 0 Å². The van der Waals surface area contributed by atoms with Crippen molar-refractivity contribution in [3.05, 3.63) is 34.1 Å². The maximum Gasteiger partial charge on any atom is 0.137 e. The van der Waals surface area contributed by atoms with Crippen LogP contribution in [-0.2, 0) is 11.3 Å². The Kier molecular flexibility index (Phi) is 4.75. The van der Waals surface area contributed by atoms with Crippen molar-refractivity contribution < 1.29 is 9.18 Å². The van der Waals surface area contributed by atoms with E-state index < -0.39 is 0 Å². The van der Waals surface area contributed by atoms with E-state index in [9.17, 15) is 9.18 Å². The molecule has 2 unspecified atom stereocenters. The first-order valence-corrected chi connectivity index (χ1v) is 8.64. The summed E-state index contributed by atoms with van der Waals surface area (Å²) in [7, 11) is 0. The highest BCUT2D eigenvalue weighted by atomic mass is 79.9. The smallest absolute Gasteiger partial charge is 0.137 e. The van der Waals surface area contributed by atoms with Gasteiger partial charge in [0.05, 0.1) is 0 Å². The summed E-state index contributed by atoms with van der Waals surface area (Å²) < 4.78 is 14.3. The van der Waals surface area contributed by atoms with Gasteiger partial charge in [0.2, 0.25) is 0 Å². The Morgan fingerprint density at radius 3 is 2.81 bits per heavy atom. The minimum atomic E-state index is -0.205. The summed E-state index contributed by atoms with van der Waals surface area (Å²) in [6.07, 6.45) is 6.26. The topological polar surface area (TPSA) is 20.3 Å². The minimum Gasteiger partial charge on any atom is -0.299 e. The molecule has 1 aliphatic heterocycles. The monoisotopic (exact) mass is 353 g/mol. The van der Waals surface area contributed by atoms with E-state index in [-0.39, 0.29) is 11.7 Å². The van der Waals surface area contributed by atoms with Crippen molar-refractivity contribution in [2.75, 3.05) is 6.54 Å². The van der Waals surface area contributed by atoms with Gasteiger partial charge in [-0.3, -0.25) is 9.69 Å². The zero-order chi connectivity index (χ0) is 14.8. The molecule has 2 fully saturated rings. The molecule has 2 aliphatic rings. The zero-order valence-corrected chi connectivity index (χ0v) is 13.7. The quantitative estimate of drug-likeness (QED) is 0.806. The lowest BCUT2D eigenvalue weighted by molar-refractivity contribution is -0.126. The number of carbonyl (C=O) groups is 1. The molecule has 0 bridgehead atoms. The first-order valence-electron chi connectivity index (χ1n) is 7.85. The lowest BCUT2D eigenvalue weighted by atomic mass is 9.82. The number of rotatable bonds is 3. The number of hydrogen-bond acceptors (Lipinski definition) is 2. The maximum atomic E-state index is 13.5. The molecule has 1 saturated heterocycles. The normalized spacial score (nSPS) is 27.2. The summed E-state index contributed by atoms with van der Waals surface area (Å²) >= 11 is 3.35. The largest absolute Gasteiger partial charge is 0.299 e. The SMILES string of the molecule is O=C1CCCCC1C1CCCN1Cc1cc(F)cc(Br)c1. The van der Waals surface area contributed by atoms with Crippen LogP contribution in [0.4, 0.5) is 4.39 Å². The molecule has 1 aromatic carbocycles. The molecular weight excluding hydrogens is 333 g/mol. The molecule has 1 aliphatic carbocycles. The average molecular weight is 354 g/mol. The van der Waals surface area contributed by atoms with E-state index in [0.717, 1.165) is 55.2 Å². The summed E-state index contributed by atoms with van der Waals surface area (Å²) in [5.74, 6) is 0.445. The Bertz CT molecular complexity index is 513. The maximum absolute atomic E-state index is 13.5. The van der Waals surface area contributed by atoms with Crippen LogP contribution in [0.5, 0.6) is 0 Å². The number of Topliss-reactive ketones (excluding diaryl/α,β-unsaturated/α-hetero) is 1. The molecule has 3 rings (SSSR count). The van der Waals surface area contributed by atoms with Crippen molar-refractivity contribution in [1.29, 1.82) is 0 Å². The molecule has 0 aromatic heterocycles. The average Bonchev–Trinajstić information content (AvgIpc) is 2.86. The zero-order valence-electron chi connectivity index (χ0n) is 12.2. The van der Waals surface area contributed by atoms with Crippen molar-refractivity contribution in [3.8, 4) is 0 Å². The summed E-state index contributed by atoms with van der Waals surface area (Å²) in [5.41, 5.74) is 0.983. The highest BCUT2D eigenvalue weighted by Gasteiger charge is 2.36. The van der Waals surface area contributed by atoms with Crippen LogP contribution in [0.3, 0.4) is 0 Å². The van der Waals surface area contributed by atoms with E-state index in [1.807, 2.05) is 6.07 Å². The first kappa shape index (κ1) is 15.2. The Balaban J connectivity index is 1.73. The third kappa shape index (κ3) is 3.54. The molecule has 0 spiro atoms. The minimum absolute atomic E-state index is 0.205. The van der Waals surface area contributed by atoms with Gasteiger partial charge >= 0.3 is 0 Å². The van der Waals surface area contributed by atoms with Crippen molar-refractivity contribution in [3.63, 3.8) is 0 Å². The number of nitrogens with zero attached hydrogens (tertiary/aromatic N) is 1. The number of carbonyl (C=O) groups excluding carboxylic acids is 1. The third-order valence-corrected chi connectivity index (χ3v) is 5.25. The second-order valence-corrected chi connectivity index (χ2v) is 7.19. The standard InChI is InChI=1S/C17H21BrFNO/c18-13-8-12(9-14(19)10-13)11-20-7-3-5-16(20)15-4-1-2-6-17(15)21/h8-10,15-16H,1-7,11H2. The molecule has 1 aromatic rings. The van der Waals surface area contributed by atoms with Gasteiger partial charge in [-0.2, -0.15) is 0 Å². The summed E-state index contributed by atoms with van der Waals surface area (Å²) in [6.45, 7) is 1.76. The summed E-state index contributed by atoms with van der Waals surface area (Å²) in [4.78, 5) is 14.6. The van der Waals surface area contributed by atoms with Crippen molar-refractivity contribution in [2.45, 2.75) is 51.1 Å². The number of hydrogen-bond donors (Lipinski definition) is 0. The van der Waals surface area contributed by atoms with Crippen molar-refractivity contribution in [1.82, 2.24) is 4.90 Å². The lowest BCUT2D eigenvalue weighted by Gasteiger charge is -2.33. The van der Waals surface area contributed by atoms with Crippen molar-refractivity contribution >= 4 is 21.7 Å². The van der Waals surface area contributed by atoms with E-state index in [4.69, 9.17) is 0 Å². The Morgan fingerprint density at radius 2 is 2.05 bits per heavy atom. The van der Waals surface area contributed by atoms with Gasteiger partial charge in [-0.1, -0.05) is 22.4 Å². The Hall–Kier alpha value is -0.740. The molecule has 0 N–H and O–H groups in total. The van der Waals surface area contributed by atoms with Gasteiger partial charge in [-0.15, -0.1) is 0 Å². The van der Waals surface area contributed by atoms with Gasteiger partial charge in [-0.25, -0.2) is 4.39 Å². The van der Waals surface area contributed by atoms with Crippen LogP contribution in [0.1, 0.15) is 44.1 Å². The molecule has 4 heteroatoms. The molecule has 2 nitrogen and oxygen atoms in total. The van der Waals surface area contributed by atoms with Gasteiger partial charge in [0.15, 0.2) is 0 Å². The lowest BCUT2D eigenvalue weighted by Crippen LogP contribution is -2.40. The number of halogens is 2. The van der Waals surface area contributed by atoms with Crippen LogP contribution in [0.15, 0.2) is 22.7 Å². The highest BCUT2D eigenvalue weighted by molar-refractivity contribution is 9.10. The van der Waals surface area contributed by atoms with Gasteiger partial charge in [0, 0.05) is 29.4 Å². The number of benzene rings is 1. The van der Waals surface area contributed by atoms with Crippen LogP contribution in [0, 0.1) is 11.7 Å². The molecule has 0 radical (unpaired) electrons. The first-order chi connectivity index (χ1) is 10.1. The van der Waals surface area contributed by atoms with Gasteiger partial charge < -0.3 is 0 Å². The van der Waals surface area contributed by atoms with Gasteiger partial charge in [-0.05, 0) is 56.0 Å². The van der Waals surface area contributed by atoms with Gasteiger partial charge in [0.25, 0.3) is 0 Å². The van der Waals surface area contributed by atoms with E-state index in [0.29, 0.717) is 11.8 Å². The highest BCUT2D eigenvalue weighted by Crippen LogP contribution is 2.33. The fourth-order valence-corrected chi connectivity index (χ4v) is 4.37. The van der Waals surface area contributed by atoms with Crippen molar-refractivity contribution in [2.24, 2.45) is 5.92 Å². The number of ketones is 1. The van der Waals surface area contributed by atoms with Crippen LogP contribution in [-0.4, -0.2) is 23.3 Å². The number of likely N-dealkylation sites (tertiary alicyclic amines) is 1. The van der Waals surface area contributed by atoms with E-state index >= 15 is 0 Å². The Morgan fingerprint density at radius 1 is 1.19 bits per heavy atom. The van der Waals surface area contributed by atoms with E-state index in [2.05, 4.69) is 20.8 Å². The molecule has 0 amide bonds. The van der Waals surface area contributed by atoms with Crippen LogP contribution < -0.4 is 0 Å². The summed E-state index contributed by atoms with van der Waals surface area (Å²) in [6, 6.07) is 5.42. The second kappa shape index (κ2) is 6.57. The molecule has 2 atom stereocenters. The fraction of sp³-hybridized carbons (Fsp3) is 0.588. The van der Waals surface area contributed by atoms with E-state index in [1.54, 1.807) is 6.07 Å². The van der Waals surface area contributed by atoms with Gasteiger partial charge in [0.1, 0.15) is 11.6 Å². The molecule has 1 heterocycles. The van der Waals surface area contributed by atoms with Crippen LogP contribution in [0.2, 0.25) is 0 Å². The molecule has 1 saturated carbocycles. The fourth-order valence-electron chi connectivity index (χ4n) is 3.86. The van der Waals surface area contributed by atoms with E-state index in [1.165, 1.54) is 12.5 Å². The summed E-state index contributed by atoms with van der Waals surface area (Å²) in [5, 5.41) is 0. The second-order valence-electron chi connectivity index (χ2n) is 6.28. The third-order valence-electron chi connectivity index (χ3n) is 4.79. The molecule has 114 valence electrons.